The van der Waals surface area contributed by atoms with Crippen molar-refractivity contribution in [1.82, 2.24) is 20.1 Å². The number of rotatable bonds is 9. The van der Waals surface area contributed by atoms with Gasteiger partial charge in [0.2, 0.25) is 0 Å². The highest BCUT2D eigenvalue weighted by molar-refractivity contribution is 7.99. The number of ether oxygens (including phenoxy) is 1. The Bertz CT molecular complexity index is 816. The SMILES string of the molecule is O=C(COC(=O)CSc1nnc(C2CC2)n1Cc1ccccc1)NC1CC1. The van der Waals surface area contributed by atoms with Gasteiger partial charge >= 0.3 is 5.97 Å². The van der Waals surface area contributed by atoms with Crippen molar-refractivity contribution in [2.24, 2.45) is 0 Å². The lowest BCUT2D eigenvalue weighted by Gasteiger charge is -2.10. The van der Waals surface area contributed by atoms with Gasteiger partial charge < -0.3 is 14.6 Å². The molecule has 8 heteroatoms. The monoisotopic (exact) mass is 386 g/mol. The number of hydrogen-bond donors (Lipinski definition) is 1. The minimum Gasteiger partial charge on any atom is -0.455 e. The molecule has 1 heterocycles. The second-order valence-corrected chi connectivity index (χ2v) is 7.92. The Morgan fingerprint density at radius 1 is 1.15 bits per heavy atom. The Labute approximate surface area is 161 Å². The Balaban J connectivity index is 1.33. The summed E-state index contributed by atoms with van der Waals surface area (Å²) in [7, 11) is 0. The Morgan fingerprint density at radius 2 is 1.93 bits per heavy atom. The van der Waals surface area contributed by atoms with E-state index in [0.717, 1.165) is 31.5 Å². The maximum absolute atomic E-state index is 12.0. The van der Waals surface area contributed by atoms with Gasteiger partial charge in [0.05, 0.1) is 12.3 Å². The van der Waals surface area contributed by atoms with Crippen molar-refractivity contribution in [3.8, 4) is 0 Å². The quantitative estimate of drug-likeness (QED) is 0.525. The molecule has 2 aromatic rings. The maximum Gasteiger partial charge on any atom is 0.316 e. The van der Waals surface area contributed by atoms with Crippen LogP contribution in [0, 0.1) is 0 Å². The van der Waals surface area contributed by atoms with Crippen LogP contribution in [0.25, 0.3) is 0 Å². The third kappa shape index (κ3) is 5.09. The van der Waals surface area contributed by atoms with Crippen molar-refractivity contribution in [2.75, 3.05) is 12.4 Å². The van der Waals surface area contributed by atoms with Crippen molar-refractivity contribution in [1.29, 1.82) is 0 Å². The molecule has 0 saturated heterocycles. The van der Waals surface area contributed by atoms with Gasteiger partial charge in [-0.15, -0.1) is 10.2 Å². The summed E-state index contributed by atoms with van der Waals surface area (Å²) in [6.07, 6.45) is 4.29. The minimum absolute atomic E-state index is 0.105. The normalized spacial score (nSPS) is 16.1. The van der Waals surface area contributed by atoms with E-state index in [4.69, 9.17) is 4.74 Å². The second-order valence-electron chi connectivity index (χ2n) is 6.98. The number of carbonyl (C=O) groups is 2. The summed E-state index contributed by atoms with van der Waals surface area (Å²) in [5.74, 6) is 0.897. The molecular weight excluding hydrogens is 364 g/mol. The molecule has 2 aliphatic rings. The zero-order chi connectivity index (χ0) is 18.6. The van der Waals surface area contributed by atoms with Crippen LogP contribution >= 0.6 is 11.8 Å². The molecule has 0 bridgehead atoms. The lowest BCUT2D eigenvalue weighted by Crippen LogP contribution is -2.30. The largest absolute Gasteiger partial charge is 0.455 e. The third-order valence-electron chi connectivity index (χ3n) is 4.50. The van der Waals surface area contributed by atoms with Crippen molar-refractivity contribution in [2.45, 2.75) is 49.3 Å². The summed E-state index contributed by atoms with van der Waals surface area (Å²) in [5.41, 5.74) is 1.17. The minimum atomic E-state index is -0.423. The molecule has 0 spiro atoms. The fourth-order valence-corrected chi connectivity index (χ4v) is 3.52. The molecule has 0 unspecified atom stereocenters. The van der Waals surface area contributed by atoms with E-state index in [9.17, 15) is 9.59 Å². The number of carbonyl (C=O) groups excluding carboxylic acids is 2. The summed E-state index contributed by atoms with van der Waals surface area (Å²) in [4.78, 5) is 23.6. The van der Waals surface area contributed by atoms with Gasteiger partial charge in [-0.05, 0) is 31.2 Å². The molecule has 0 atom stereocenters. The highest BCUT2D eigenvalue weighted by atomic mass is 32.2. The van der Waals surface area contributed by atoms with Crippen molar-refractivity contribution >= 4 is 23.6 Å². The predicted molar refractivity (Wildman–Crippen MR) is 100 cm³/mol. The van der Waals surface area contributed by atoms with Crippen molar-refractivity contribution in [3.63, 3.8) is 0 Å². The first-order valence-corrected chi connectivity index (χ1v) is 10.2. The third-order valence-corrected chi connectivity index (χ3v) is 5.44. The molecule has 27 heavy (non-hydrogen) atoms. The molecule has 7 nitrogen and oxygen atoms in total. The predicted octanol–water partition coefficient (Wildman–Crippen LogP) is 2.12. The average molecular weight is 386 g/mol. The van der Waals surface area contributed by atoms with Crippen LogP contribution in [-0.4, -0.2) is 45.0 Å². The van der Waals surface area contributed by atoms with Crippen molar-refractivity contribution < 1.29 is 14.3 Å². The molecule has 0 aliphatic heterocycles. The first-order chi connectivity index (χ1) is 13.2. The Hall–Kier alpha value is -2.35. The van der Waals surface area contributed by atoms with E-state index in [1.807, 2.05) is 18.2 Å². The number of hydrogen-bond acceptors (Lipinski definition) is 6. The smallest absolute Gasteiger partial charge is 0.316 e. The number of aromatic nitrogens is 3. The zero-order valence-electron chi connectivity index (χ0n) is 15.0. The number of amides is 1. The van der Waals surface area contributed by atoms with Crippen LogP contribution in [0.1, 0.15) is 43.0 Å². The molecule has 1 amide bonds. The van der Waals surface area contributed by atoms with Gasteiger partial charge in [0.1, 0.15) is 5.82 Å². The molecule has 2 saturated carbocycles. The van der Waals surface area contributed by atoms with Gasteiger partial charge in [0.15, 0.2) is 11.8 Å². The summed E-state index contributed by atoms with van der Waals surface area (Å²) in [6, 6.07) is 10.4. The van der Waals surface area contributed by atoms with E-state index in [-0.39, 0.29) is 24.3 Å². The summed E-state index contributed by atoms with van der Waals surface area (Å²) < 4.78 is 7.14. The Morgan fingerprint density at radius 3 is 2.63 bits per heavy atom. The summed E-state index contributed by atoms with van der Waals surface area (Å²) in [5, 5.41) is 12.1. The zero-order valence-corrected chi connectivity index (χ0v) is 15.8. The molecule has 1 aromatic heterocycles. The lowest BCUT2D eigenvalue weighted by molar-refractivity contribution is -0.145. The molecule has 1 aromatic carbocycles. The molecule has 1 N–H and O–H groups in total. The van der Waals surface area contributed by atoms with Crippen LogP contribution in [0.4, 0.5) is 0 Å². The molecule has 4 rings (SSSR count). The van der Waals surface area contributed by atoms with E-state index in [0.29, 0.717) is 17.6 Å². The molecule has 142 valence electrons. The maximum atomic E-state index is 12.0. The number of esters is 1. The van der Waals surface area contributed by atoms with Crippen LogP contribution in [-0.2, 0) is 20.9 Å². The van der Waals surface area contributed by atoms with Crippen LogP contribution in [0.5, 0.6) is 0 Å². The molecule has 0 radical (unpaired) electrons. The van der Waals surface area contributed by atoms with Crippen LogP contribution in [0.3, 0.4) is 0 Å². The van der Waals surface area contributed by atoms with Gasteiger partial charge in [-0.3, -0.25) is 9.59 Å². The summed E-state index contributed by atoms with van der Waals surface area (Å²) in [6.45, 7) is 0.459. The Kier molecular flexibility index (Phi) is 5.42. The molecule has 2 fully saturated rings. The fraction of sp³-hybridized carbons (Fsp3) is 0.474. The number of thioether (sulfide) groups is 1. The van der Waals surface area contributed by atoms with Gasteiger partial charge in [-0.25, -0.2) is 0 Å². The van der Waals surface area contributed by atoms with Crippen molar-refractivity contribution in [3.05, 3.63) is 41.7 Å². The van der Waals surface area contributed by atoms with Crippen LogP contribution in [0.2, 0.25) is 0 Å². The topological polar surface area (TPSA) is 86.1 Å². The second kappa shape index (κ2) is 8.12. The molecular formula is C19H22N4O3S. The summed E-state index contributed by atoms with van der Waals surface area (Å²) >= 11 is 1.30. The standard InChI is InChI=1S/C19H22N4O3S/c24-16(20-15-8-9-15)11-26-17(25)12-27-19-22-21-18(14-6-7-14)23(19)10-13-4-2-1-3-5-13/h1-5,14-15H,6-12H2,(H,20,24). The lowest BCUT2D eigenvalue weighted by atomic mass is 10.2. The highest BCUT2D eigenvalue weighted by Crippen LogP contribution is 2.40. The van der Waals surface area contributed by atoms with E-state index < -0.39 is 5.97 Å². The van der Waals surface area contributed by atoms with Gasteiger partial charge in [0.25, 0.3) is 5.91 Å². The number of nitrogens with zero attached hydrogens (tertiary/aromatic N) is 3. The van der Waals surface area contributed by atoms with E-state index in [2.05, 4.69) is 32.2 Å². The number of benzene rings is 1. The van der Waals surface area contributed by atoms with Crippen LogP contribution < -0.4 is 5.32 Å². The fourth-order valence-electron chi connectivity index (χ4n) is 2.77. The van der Waals surface area contributed by atoms with Gasteiger partial charge in [-0.2, -0.15) is 0 Å². The van der Waals surface area contributed by atoms with E-state index in [1.54, 1.807) is 0 Å². The van der Waals surface area contributed by atoms with E-state index in [1.165, 1.54) is 17.3 Å². The van der Waals surface area contributed by atoms with Gasteiger partial charge in [-0.1, -0.05) is 42.1 Å². The first kappa shape index (κ1) is 18.0. The highest BCUT2D eigenvalue weighted by Gasteiger charge is 2.30. The first-order valence-electron chi connectivity index (χ1n) is 9.24. The van der Waals surface area contributed by atoms with Gasteiger partial charge in [0, 0.05) is 12.0 Å². The number of nitrogens with one attached hydrogen (secondary N) is 1. The van der Waals surface area contributed by atoms with E-state index >= 15 is 0 Å². The average Bonchev–Trinajstić information content (AvgIpc) is 3.60. The van der Waals surface area contributed by atoms with Crippen LogP contribution in [0.15, 0.2) is 35.5 Å². The molecule has 2 aliphatic carbocycles.